The third-order valence-corrected chi connectivity index (χ3v) is 8.70. The molecule has 0 spiro atoms. The standard InChI is InChI=1S/C15H13.C13H10.C11H17.Zr/c1-10-3-5-14-12(7-10)9-13-8-11(2)4-6-15(13)14;1-3-7-12(8-4-1)11-13-9-5-2-6-10-13;1-5-9-6-7-10(8-9)11(2,3)4;/h3-9H,1-2H3;1-10H;7-9H,5H2,1-4H3;/q-1;;-1;+2. The summed E-state index contributed by atoms with van der Waals surface area (Å²) in [6.45, 7) is 13.2. The molecule has 0 nitrogen and oxygen atoms in total. The molecule has 1 aliphatic carbocycles. The predicted octanol–water partition coefficient (Wildman–Crippen LogP) is 10.5. The van der Waals surface area contributed by atoms with Crippen molar-refractivity contribution in [1.82, 2.24) is 0 Å². The van der Waals surface area contributed by atoms with E-state index in [1.54, 1.807) is 0 Å². The molecule has 5 aromatic carbocycles. The van der Waals surface area contributed by atoms with Crippen molar-refractivity contribution in [2.75, 3.05) is 0 Å². The van der Waals surface area contributed by atoms with E-state index in [2.05, 4.69) is 163 Å². The van der Waals surface area contributed by atoms with Crippen LogP contribution in [0.5, 0.6) is 0 Å². The molecule has 0 aromatic heterocycles. The summed E-state index contributed by atoms with van der Waals surface area (Å²) < 4.78 is 1.42. The van der Waals surface area contributed by atoms with Crippen LogP contribution in [0.3, 0.4) is 0 Å². The number of hydrogen-bond acceptors (Lipinski definition) is 0. The van der Waals surface area contributed by atoms with Gasteiger partial charge in [0.2, 0.25) is 0 Å². The third-order valence-electron chi connectivity index (χ3n) is 7.28. The van der Waals surface area contributed by atoms with E-state index in [1.807, 2.05) is 0 Å². The molecule has 1 heteroatoms. The van der Waals surface area contributed by atoms with Crippen LogP contribution in [0.4, 0.5) is 0 Å². The van der Waals surface area contributed by atoms with Gasteiger partial charge in [-0.25, -0.2) is 6.08 Å². The molecule has 0 saturated carbocycles. The maximum absolute atomic E-state index is 3.35. The number of benzene rings is 4. The monoisotopic (exact) mass is 598 g/mol. The molecule has 6 rings (SSSR count). The van der Waals surface area contributed by atoms with Gasteiger partial charge in [-0.2, -0.15) is 11.6 Å². The number of fused-ring (bicyclic) bond motifs is 3. The van der Waals surface area contributed by atoms with Gasteiger partial charge in [-0.05, 0) is 13.8 Å². The average molecular weight is 600 g/mol. The fourth-order valence-electron chi connectivity index (χ4n) is 4.85. The van der Waals surface area contributed by atoms with Crippen LogP contribution in [-0.4, -0.2) is 3.21 Å². The Balaban J connectivity index is 0.000000141. The van der Waals surface area contributed by atoms with E-state index in [0.717, 1.165) is 0 Å². The Hall–Kier alpha value is -3.02. The molecule has 200 valence electrons. The fraction of sp³-hybridized carbons (Fsp3) is 0.231. The van der Waals surface area contributed by atoms with Gasteiger partial charge in [-0.1, -0.05) is 80.8 Å². The van der Waals surface area contributed by atoms with Crippen LogP contribution in [0.1, 0.15) is 56.4 Å². The van der Waals surface area contributed by atoms with Crippen LogP contribution in [0.15, 0.2) is 121 Å². The summed E-state index contributed by atoms with van der Waals surface area (Å²) >= 11 is 1.46. The molecule has 0 amide bonds. The molecule has 0 radical (unpaired) electrons. The van der Waals surface area contributed by atoms with Crippen LogP contribution < -0.4 is 0 Å². The Morgan fingerprint density at radius 1 is 0.750 bits per heavy atom. The van der Waals surface area contributed by atoms with Crippen molar-refractivity contribution in [2.24, 2.45) is 11.3 Å². The van der Waals surface area contributed by atoms with Gasteiger partial charge in [0.25, 0.3) is 0 Å². The number of hydrogen-bond donors (Lipinski definition) is 0. The molecule has 1 atom stereocenters. The Labute approximate surface area is 256 Å². The molecule has 0 fully saturated rings. The van der Waals surface area contributed by atoms with E-state index in [4.69, 9.17) is 0 Å². The second-order valence-electron chi connectivity index (χ2n) is 11.6. The maximum atomic E-state index is 3.35. The first-order valence-electron chi connectivity index (χ1n) is 14.2. The fourth-order valence-corrected chi connectivity index (χ4v) is 5.67. The van der Waals surface area contributed by atoms with Gasteiger partial charge >= 0.3 is 99.2 Å². The van der Waals surface area contributed by atoms with E-state index < -0.39 is 0 Å². The summed E-state index contributed by atoms with van der Waals surface area (Å²) in [4.78, 5) is 0. The molecule has 0 aliphatic heterocycles. The second-order valence-corrected chi connectivity index (χ2v) is 12.9. The van der Waals surface area contributed by atoms with Crippen molar-refractivity contribution in [2.45, 2.75) is 48.0 Å². The third kappa shape index (κ3) is 7.80. The van der Waals surface area contributed by atoms with Crippen molar-refractivity contribution in [3.8, 4) is 0 Å². The summed E-state index contributed by atoms with van der Waals surface area (Å²) in [7, 11) is 0. The molecule has 0 bridgehead atoms. The van der Waals surface area contributed by atoms with Gasteiger partial charge in [0.05, 0.1) is 0 Å². The predicted molar refractivity (Wildman–Crippen MR) is 172 cm³/mol. The minimum absolute atomic E-state index is 0.302. The first-order chi connectivity index (χ1) is 19.2. The molecule has 5 aromatic rings. The Morgan fingerprint density at radius 3 is 1.60 bits per heavy atom. The van der Waals surface area contributed by atoms with Crippen molar-refractivity contribution >= 4 is 24.8 Å². The van der Waals surface area contributed by atoms with Crippen molar-refractivity contribution in [3.63, 3.8) is 0 Å². The van der Waals surface area contributed by atoms with Gasteiger partial charge in [0.1, 0.15) is 0 Å². The summed E-state index contributed by atoms with van der Waals surface area (Å²) in [6.07, 6.45) is 9.00. The van der Waals surface area contributed by atoms with E-state index in [-0.39, 0.29) is 0 Å². The summed E-state index contributed by atoms with van der Waals surface area (Å²) in [6, 6.07) is 36.7. The summed E-state index contributed by atoms with van der Waals surface area (Å²) in [5, 5.41) is 5.46. The summed E-state index contributed by atoms with van der Waals surface area (Å²) in [5.74, 6) is 0.573. The molecule has 40 heavy (non-hydrogen) atoms. The molecule has 0 heterocycles. The zero-order chi connectivity index (χ0) is 28.7. The van der Waals surface area contributed by atoms with Crippen LogP contribution in [0, 0.1) is 31.3 Å². The van der Waals surface area contributed by atoms with Crippen molar-refractivity contribution in [3.05, 3.63) is 149 Å². The normalized spacial score (nSPS) is 14.3. The Morgan fingerprint density at radius 2 is 1.23 bits per heavy atom. The SMILES string of the molecule is CCC1[C-]=CC(C(C)(C)C)=C1.Cc1ccc2c(c1)[cH-]c1cc(C)ccc12.[Zr+2]=[C](c1ccccc1)c1ccccc1. The van der Waals surface area contributed by atoms with Gasteiger partial charge in [-0.3, -0.25) is 6.08 Å². The van der Waals surface area contributed by atoms with E-state index in [1.165, 1.54) is 83.2 Å². The van der Waals surface area contributed by atoms with Gasteiger partial charge in [-0.15, -0.1) is 39.7 Å². The molecular formula is C39H40Zr. The number of aryl methyl sites for hydroxylation is 2. The molecule has 0 N–H and O–H groups in total. The van der Waals surface area contributed by atoms with Crippen molar-refractivity contribution < 1.29 is 24.2 Å². The zero-order valence-corrected chi connectivity index (χ0v) is 27.2. The quantitative estimate of drug-likeness (QED) is 0.181. The van der Waals surface area contributed by atoms with Crippen LogP contribution in [0.25, 0.3) is 21.5 Å². The van der Waals surface area contributed by atoms with Gasteiger partial charge < -0.3 is 0 Å². The van der Waals surface area contributed by atoms with Crippen LogP contribution >= 0.6 is 0 Å². The Bertz CT molecular complexity index is 1530. The van der Waals surface area contributed by atoms with Crippen molar-refractivity contribution in [1.29, 1.82) is 0 Å². The minimum atomic E-state index is 0.302. The van der Waals surface area contributed by atoms with E-state index in [9.17, 15) is 0 Å². The van der Waals surface area contributed by atoms with E-state index in [0.29, 0.717) is 11.3 Å². The molecule has 1 unspecified atom stereocenters. The van der Waals surface area contributed by atoms with Gasteiger partial charge in [0.15, 0.2) is 0 Å². The summed E-state index contributed by atoms with van der Waals surface area (Å²) in [5.41, 5.74) is 7.05. The van der Waals surface area contributed by atoms with Gasteiger partial charge in [0, 0.05) is 0 Å². The topological polar surface area (TPSA) is 0 Å². The molecule has 0 saturated heterocycles. The zero-order valence-electron chi connectivity index (χ0n) is 24.8. The second kappa shape index (κ2) is 13.6. The number of rotatable bonds is 3. The van der Waals surface area contributed by atoms with Crippen LogP contribution in [0.2, 0.25) is 0 Å². The first-order valence-corrected chi connectivity index (χ1v) is 15.5. The first kappa shape index (κ1) is 30.0. The molecular weight excluding hydrogens is 560 g/mol. The van der Waals surface area contributed by atoms with E-state index >= 15 is 0 Å². The average Bonchev–Trinajstić information content (AvgIpc) is 3.59. The Kier molecular flexibility index (Phi) is 10.2. The molecule has 1 aliphatic rings. The van der Waals surface area contributed by atoms with Crippen LogP contribution in [-0.2, 0) is 24.2 Å². The number of allylic oxidation sites excluding steroid dienone is 4.